The molecule has 1 N–H and O–H groups in total. The summed E-state index contributed by atoms with van der Waals surface area (Å²) < 4.78 is 10.6. The molecule has 0 saturated heterocycles. The Hall–Kier alpha value is -2.59. The minimum Gasteiger partial charge on any atom is -0.465 e. The van der Waals surface area contributed by atoms with Crippen LogP contribution in [0.5, 0.6) is 11.5 Å². The summed E-state index contributed by atoms with van der Waals surface area (Å²) in [7, 11) is 1.31. The molecule has 0 heterocycles. The number of aliphatic hydroxyl groups is 1. The lowest BCUT2D eigenvalue weighted by atomic mass is 10.0. The Morgan fingerprint density at radius 3 is 2.55 bits per heavy atom. The smallest absolute Gasteiger partial charge is 0.338 e. The highest BCUT2D eigenvalue weighted by atomic mass is 16.5. The van der Waals surface area contributed by atoms with Crippen LogP contribution in [0.2, 0.25) is 0 Å². The van der Waals surface area contributed by atoms with Gasteiger partial charge in [0.05, 0.1) is 19.3 Å². The number of aliphatic hydroxyl groups excluding tert-OH is 1. The highest BCUT2D eigenvalue weighted by molar-refractivity contribution is 6.16. The van der Waals surface area contributed by atoms with Crippen LogP contribution in [0.4, 0.5) is 0 Å². The van der Waals surface area contributed by atoms with Gasteiger partial charge in [0.25, 0.3) is 0 Å². The fourth-order valence-electron chi connectivity index (χ4n) is 2.01. The van der Waals surface area contributed by atoms with E-state index < -0.39 is 5.97 Å². The van der Waals surface area contributed by atoms with E-state index >= 15 is 0 Å². The number of ether oxygens (including phenoxy) is 2. The maximum Gasteiger partial charge on any atom is 0.338 e. The molecule has 0 atom stereocenters. The van der Waals surface area contributed by atoms with Crippen LogP contribution in [-0.2, 0) is 9.53 Å². The second kappa shape index (κ2) is 7.43. The van der Waals surface area contributed by atoms with E-state index in [-0.39, 0.29) is 6.61 Å². The van der Waals surface area contributed by atoms with Gasteiger partial charge in [-0.3, -0.25) is 0 Å². The first kappa shape index (κ1) is 15.8. The van der Waals surface area contributed by atoms with E-state index in [1.54, 1.807) is 12.1 Å². The van der Waals surface area contributed by atoms with Crippen LogP contribution in [0.1, 0.15) is 11.1 Å². The van der Waals surface area contributed by atoms with Crippen LogP contribution in [0.3, 0.4) is 0 Å². The van der Waals surface area contributed by atoms with Gasteiger partial charge in [0.1, 0.15) is 11.5 Å². The molecule has 0 radical (unpaired) electrons. The van der Waals surface area contributed by atoms with Crippen LogP contribution >= 0.6 is 0 Å². The molecule has 0 spiro atoms. The standard InChI is InChI=1S/C18H18O4/c1-13-8-9-14(16(10-11-19)18(20)21-2)12-17(13)22-15-6-4-3-5-7-15/h3-10,12,19H,11H2,1-2H3/b16-10+. The largest absolute Gasteiger partial charge is 0.465 e. The lowest BCUT2D eigenvalue weighted by molar-refractivity contribution is -0.133. The molecular formula is C18H18O4. The number of rotatable bonds is 5. The zero-order valence-electron chi connectivity index (χ0n) is 12.6. The van der Waals surface area contributed by atoms with Crippen molar-refractivity contribution in [3.63, 3.8) is 0 Å². The number of hydrogen-bond donors (Lipinski definition) is 1. The third kappa shape index (κ3) is 3.74. The van der Waals surface area contributed by atoms with Crippen molar-refractivity contribution < 1.29 is 19.4 Å². The van der Waals surface area contributed by atoms with Gasteiger partial charge >= 0.3 is 5.97 Å². The van der Waals surface area contributed by atoms with Crippen molar-refractivity contribution in [3.8, 4) is 11.5 Å². The fourth-order valence-corrected chi connectivity index (χ4v) is 2.01. The van der Waals surface area contributed by atoms with E-state index in [1.807, 2.05) is 43.3 Å². The summed E-state index contributed by atoms with van der Waals surface area (Å²) in [4.78, 5) is 11.8. The SMILES string of the molecule is COC(=O)/C(=C/CO)c1ccc(C)c(Oc2ccccc2)c1. The predicted molar refractivity (Wildman–Crippen MR) is 84.8 cm³/mol. The molecule has 2 aromatic rings. The molecule has 0 saturated carbocycles. The van der Waals surface area contributed by atoms with Crippen molar-refractivity contribution in [1.82, 2.24) is 0 Å². The molecule has 4 heteroatoms. The third-order valence-electron chi connectivity index (χ3n) is 3.17. The highest BCUT2D eigenvalue weighted by Gasteiger charge is 2.14. The van der Waals surface area contributed by atoms with Crippen molar-refractivity contribution in [1.29, 1.82) is 0 Å². The molecule has 0 aliphatic rings. The molecule has 0 bridgehead atoms. The molecule has 0 fully saturated rings. The van der Waals surface area contributed by atoms with Gasteiger partial charge in [-0.2, -0.15) is 0 Å². The second-order valence-electron chi connectivity index (χ2n) is 4.69. The van der Waals surface area contributed by atoms with Gasteiger partial charge in [-0.1, -0.05) is 30.3 Å². The minimum absolute atomic E-state index is 0.243. The summed E-state index contributed by atoms with van der Waals surface area (Å²) in [6, 6.07) is 14.8. The molecule has 0 aliphatic heterocycles. The Kier molecular flexibility index (Phi) is 5.33. The first-order chi connectivity index (χ1) is 10.7. The summed E-state index contributed by atoms with van der Waals surface area (Å²) in [5.41, 5.74) is 1.89. The Bertz CT molecular complexity index is 675. The monoisotopic (exact) mass is 298 g/mol. The van der Waals surface area contributed by atoms with Crippen molar-refractivity contribution in [3.05, 3.63) is 65.7 Å². The molecule has 2 aromatic carbocycles. The molecule has 114 valence electrons. The maximum atomic E-state index is 11.8. The average Bonchev–Trinajstić information content (AvgIpc) is 2.55. The Labute approximate surface area is 129 Å². The molecular weight excluding hydrogens is 280 g/mol. The molecule has 4 nitrogen and oxygen atoms in total. The van der Waals surface area contributed by atoms with Crippen molar-refractivity contribution in [2.24, 2.45) is 0 Å². The molecule has 0 aromatic heterocycles. The zero-order valence-corrected chi connectivity index (χ0v) is 12.6. The molecule has 0 unspecified atom stereocenters. The maximum absolute atomic E-state index is 11.8. The summed E-state index contributed by atoms with van der Waals surface area (Å²) >= 11 is 0. The van der Waals surface area contributed by atoms with Crippen molar-refractivity contribution in [2.75, 3.05) is 13.7 Å². The van der Waals surface area contributed by atoms with E-state index in [4.69, 9.17) is 14.6 Å². The predicted octanol–water partition coefficient (Wildman–Crippen LogP) is 3.34. The highest BCUT2D eigenvalue weighted by Crippen LogP contribution is 2.29. The minimum atomic E-state index is -0.497. The summed E-state index contributed by atoms with van der Waals surface area (Å²) in [6.45, 7) is 1.68. The second-order valence-corrected chi connectivity index (χ2v) is 4.69. The van der Waals surface area contributed by atoms with Crippen molar-refractivity contribution >= 4 is 11.5 Å². The van der Waals surface area contributed by atoms with Crippen LogP contribution in [0, 0.1) is 6.92 Å². The van der Waals surface area contributed by atoms with Gasteiger partial charge in [0.2, 0.25) is 0 Å². The summed E-state index contributed by atoms with van der Waals surface area (Å²) in [6.07, 6.45) is 1.42. The van der Waals surface area contributed by atoms with Gasteiger partial charge in [-0.25, -0.2) is 4.79 Å². The number of carbonyl (C=O) groups excluding carboxylic acids is 1. The summed E-state index contributed by atoms with van der Waals surface area (Å²) in [5, 5.41) is 9.09. The van der Waals surface area contributed by atoms with Crippen LogP contribution in [0.15, 0.2) is 54.6 Å². The Balaban J connectivity index is 2.37. The molecule has 0 aliphatic carbocycles. The number of esters is 1. The van der Waals surface area contributed by atoms with Crippen molar-refractivity contribution in [2.45, 2.75) is 6.92 Å². The molecule has 22 heavy (non-hydrogen) atoms. The third-order valence-corrected chi connectivity index (χ3v) is 3.17. The number of methoxy groups -OCH3 is 1. The lowest BCUT2D eigenvalue weighted by Gasteiger charge is -2.12. The van der Waals surface area contributed by atoms with Gasteiger partial charge < -0.3 is 14.6 Å². The van der Waals surface area contributed by atoms with Gasteiger partial charge in [0.15, 0.2) is 0 Å². The van der Waals surface area contributed by atoms with E-state index in [9.17, 15) is 4.79 Å². The van der Waals surface area contributed by atoms with Crippen LogP contribution in [0.25, 0.3) is 5.57 Å². The first-order valence-corrected chi connectivity index (χ1v) is 6.89. The van der Waals surface area contributed by atoms with E-state index in [2.05, 4.69) is 0 Å². The Morgan fingerprint density at radius 1 is 1.18 bits per heavy atom. The number of benzene rings is 2. The molecule has 0 amide bonds. The zero-order chi connectivity index (χ0) is 15.9. The normalized spacial score (nSPS) is 11.1. The fraction of sp³-hybridized carbons (Fsp3) is 0.167. The molecule has 2 rings (SSSR count). The number of para-hydroxylation sites is 1. The quantitative estimate of drug-likeness (QED) is 0.679. The van der Waals surface area contributed by atoms with E-state index in [1.165, 1.54) is 13.2 Å². The topological polar surface area (TPSA) is 55.8 Å². The van der Waals surface area contributed by atoms with E-state index in [0.29, 0.717) is 22.6 Å². The number of carbonyl (C=O) groups is 1. The lowest BCUT2D eigenvalue weighted by Crippen LogP contribution is -2.05. The van der Waals surface area contributed by atoms with Gasteiger partial charge in [0, 0.05) is 0 Å². The average molecular weight is 298 g/mol. The first-order valence-electron chi connectivity index (χ1n) is 6.89. The van der Waals surface area contributed by atoms with Crippen LogP contribution < -0.4 is 4.74 Å². The van der Waals surface area contributed by atoms with Crippen LogP contribution in [-0.4, -0.2) is 24.8 Å². The number of hydrogen-bond acceptors (Lipinski definition) is 4. The summed E-state index contributed by atoms with van der Waals surface area (Å²) in [5.74, 6) is 0.869. The Morgan fingerprint density at radius 2 is 1.91 bits per heavy atom. The van der Waals surface area contributed by atoms with Gasteiger partial charge in [-0.15, -0.1) is 0 Å². The number of aryl methyl sites for hydroxylation is 1. The van der Waals surface area contributed by atoms with E-state index in [0.717, 1.165) is 5.56 Å². The van der Waals surface area contributed by atoms with Gasteiger partial charge in [-0.05, 0) is 42.3 Å².